The monoisotopic (exact) mass is 238 g/mol. The van der Waals surface area contributed by atoms with Gasteiger partial charge in [0.1, 0.15) is 10.6 Å². The molecule has 1 amide bonds. The minimum Gasteiger partial charge on any atom is -0.443 e. The second-order valence-corrected chi connectivity index (χ2v) is 5.44. The Morgan fingerprint density at radius 2 is 2.12 bits per heavy atom. The Kier molecular flexibility index (Phi) is 2.71. The molecule has 0 unspecified atom stereocenters. The lowest BCUT2D eigenvalue weighted by Crippen LogP contribution is -2.30. The van der Waals surface area contributed by atoms with Crippen molar-refractivity contribution in [3.8, 4) is 0 Å². The highest BCUT2D eigenvalue weighted by atomic mass is 32.2. The summed E-state index contributed by atoms with van der Waals surface area (Å²) < 4.78 is 8.71. The van der Waals surface area contributed by atoms with E-state index in [9.17, 15) is 4.79 Å². The fourth-order valence-corrected chi connectivity index (χ4v) is 2.03. The molecule has 16 heavy (non-hydrogen) atoms. The van der Waals surface area contributed by atoms with E-state index in [1.807, 2.05) is 49.9 Å². The second kappa shape index (κ2) is 3.90. The zero-order valence-corrected chi connectivity index (χ0v) is 10.3. The molecule has 4 nitrogen and oxygen atoms in total. The van der Waals surface area contributed by atoms with Crippen LogP contribution in [0.3, 0.4) is 0 Å². The van der Waals surface area contributed by atoms with Gasteiger partial charge in [0.05, 0.1) is 0 Å². The summed E-state index contributed by atoms with van der Waals surface area (Å²) in [4.78, 5) is 11.8. The molecule has 1 aliphatic rings. The van der Waals surface area contributed by atoms with Gasteiger partial charge in [0.15, 0.2) is 0 Å². The fraction of sp³-hybridized carbons (Fsp3) is 0.364. The molecular weight excluding hydrogens is 224 g/mol. The number of nitrogens with zero attached hydrogens (tertiary/aromatic N) is 2. The van der Waals surface area contributed by atoms with Crippen LogP contribution in [0.1, 0.15) is 20.8 Å². The first kappa shape index (κ1) is 11.1. The van der Waals surface area contributed by atoms with E-state index in [1.165, 1.54) is 16.3 Å². The van der Waals surface area contributed by atoms with Crippen molar-refractivity contribution in [2.24, 2.45) is 0 Å². The topological polar surface area (TPSA) is 34.5 Å². The zero-order chi connectivity index (χ0) is 11.8. The summed E-state index contributed by atoms with van der Waals surface area (Å²) in [6, 6.07) is 3.89. The van der Waals surface area contributed by atoms with Gasteiger partial charge in [-0.1, -0.05) is 0 Å². The van der Waals surface area contributed by atoms with Crippen LogP contribution in [-0.2, 0) is 4.74 Å². The summed E-state index contributed by atoms with van der Waals surface area (Å²) in [5.74, 6) is 0. The first-order valence-corrected chi connectivity index (χ1v) is 5.78. The van der Waals surface area contributed by atoms with Crippen molar-refractivity contribution in [3.05, 3.63) is 24.5 Å². The molecule has 0 aliphatic carbocycles. The van der Waals surface area contributed by atoms with Gasteiger partial charge in [0, 0.05) is 30.5 Å². The molecule has 0 aromatic carbocycles. The third-order valence-electron chi connectivity index (χ3n) is 1.87. The molecule has 1 aliphatic heterocycles. The molecule has 1 aromatic heterocycles. The van der Waals surface area contributed by atoms with Gasteiger partial charge in [0.2, 0.25) is 0 Å². The minimum atomic E-state index is -0.467. The lowest BCUT2D eigenvalue weighted by Gasteiger charge is -2.25. The lowest BCUT2D eigenvalue weighted by molar-refractivity contribution is 0.0453. The molecule has 2 rings (SSSR count). The Hall–Kier alpha value is -1.36. The second-order valence-electron chi connectivity index (χ2n) is 4.45. The maximum absolute atomic E-state index is 11.8. The highest BCUT2D eigenvalue weighted by molar-refractivity contribution is 7.97. The van der Waals surface area contributed by atoms with Crippen molar-refractivity contribution < 1.29 is 9.53 Å². The summed E-state index contributed by atoms with van der Waals surface area (Å²) in [6.07, 6.45) is 5.12. The van der Waals surface area contributed by atoms with Crippen LogP contribution in [0.4, 0.5) is 4.79 Å². The Labute approximate surface area is 99.0 Å². The molecule has 1 aromatic rings. The van der Waals surface area contributed by atoms with E-state index >= 15 is 0 Å². The molecule has 5 heteroatoms. The number of carbonyl (C=O) groups excluding carboxylic acids is 1. The summed E-state index contributed by atoms with van der Waals surface area (Å²) in [5.41, 5.74) is -0.467. The summed E-state index contributed by atoms with van der Waals surface area (Å²) in [7, 11) is 0. The molecule has 0 fully saturated rings. The maximum Gasteiger partial charge on any atom is 0.424 e. The number of carbonyl (C=O) groups is 1. The molecule has 0 saturated carbocycles. The number of fused-ring (bicyclic) bond motifs is 1. The van der Waals surface area contributed by atoms with E-state index in [4.69, 9.17) is 4.74 Å². The van der Waals surface area contributed by atoms with Crippen LogP contribution < -0.4 is 0 Å². The zero-order valence-electron chi connectivity index (χ0n) is 9.51. The smallest absolute Gasteiger partial charge is 0.424 e. The minimum absolute atomic E-state index is 0.346. The average Bonchev–Trinajstić information content (AvgIpc) is 2.61. The van der Waals surface area contributed by atoms with Gasteiger partial charge >= 0.3 is 6.09 Å². The fourth-order valence-electron chi connectivity index (χ4n) is 1.25. The first-order valence-electron chi connectivity index (χ1n) is 5.01. The van der Waals surface area contributed by atoms with Crippen molar-refractivity contribution in [2.75, 3.05) is 0 Å². The van der Waals surface area contributed by atoms with Crippen molar-refractivity contribution in [2.45, 2.75) is 31.4 Å². The lowest BCUT2D eigenvalue weighted by atomic mass is 10.2. The number of ether oxygens (including phenoxy) is 1. The van der Waals surface area contributed by atoms with Crippen LogP contribution in [0, 0.1) is 0 Å². The van der Waals surface area contributed by atoms with E-state index in [0.717, 1.165) is 5.03 Å². The summed E-state index contributed by atoms with van der Waals surface area (Å²) in [5, 5.41) is 0.994. The van der Waals surface area contributed by atoms with Crippen LogP contribution in [0.2, 0.25) is 0 Å². The molecule has 0 spiro atoms. The molecule has 0 N–H and O–H groups in total. The van der Waals surface area contributed by atoms with Crippen LogP contribution in [-0.4, -0.2) is 20.6 Å². The van der Waals surface area contributed by atoms with Crippen molar-refractivity contribution in [1.82, 2.24) is 8.87 Å². The molecule has 0 saturated heterocycles. The number of aromatic nitrogens is 1. The largest absolute Gasteiger partial charge is 0.443 e. The van der Waals surface area contributed by atoms with Crippen LogP contribution in [0.25, 0.3) is 6.20 Å². The van der Waals surface area contributed by atoms with Crippen LogP contribution >= 0.6 is 11.9 Å². The standard InChI is InChI=1S/C11H14N2O2S/c1-11(2,3)15-10(14)13-8-7-12-6-4-5-9(12)16-13/h4-8H,1-3H3. The van der Waals surface area contributed by atoms with Crippen molar-refractivity contribution >= 4 is 24.2 Å². The normalized spacial score (nSPS) is 14.8. The Balaban J connectivity index is 2.06. The van der Waals surface area contributed by atoms with E-state index in [2.05, 4.69) is 0 Å². The van der Waals surface area contributed by atoms with Gasteiger partial charge in [-0.05, 0) is 32.9 Å². The van der Waals surface area contributed by atoms with Crippen LogP contribution in [0.15, 0.2) is 29.6 Å². The highest BCUT2D eigenvalue weighted by Crippen LogP contribution is 2.29. The van der Waals surface area contributed by atoms with Gasteiger partial charge in [-0.2, -0.15) is 0 Å². The Morgan fingerprint density at radius 1 is 1.38 bits per heavy atom. The van der Waals surface area contributed by atoms with Gasteiger partial charge in [-0.25, -0.2) is 9.10 Å². The molecule has 2 heterocycles. The van der Waals surface area contributed by atoms with Gasteiger partial charge in [-0.15, -0.1) is 0 Å². The first-order chi connectivity index (χ1) is 7.46. The third-order valence-corrected chi connectivity index (χ3v) is 2.87. The predicted octanol–water partition coefficient (Wildman–Crippen LogP) is 3.17. The number of amides is 1. The van der Waals surface area contributed by atoms with E-state index in [-0.39, 0.29) is 6.09 Å². The molecule has 86 valence electrons. The maximum atomic E-state index is 11.8. The highest BCUT2D eigenvalue weighted by Gasteiger charge is 2.24. The third kappa shape index (κ3) is 2.41. The van der Waals surface area contributed by atoms with Crippen LogP contribution in [0.5, 0.6) is 0 Å². The number of rotatable bonds is 0. The average molecular weight is 238 g/mol. The summed E-state index contributed by atoms with van der Waals surface area (Å²) in [6.45, 7) is 5.56. The van der Waals surface area contributed by atoms with Gasteiger partial charge in [0.25, 0.3) is 0 Å². The van der Waals surface area contributed by atoms with Gasteiger partial charge in [-0.3, -0.25) is 0 Å². The molecule has 0 radical (unpaired) electrons. The molecule has 0 atom stereocenters. The van der Waals surface area contributed by atoms with E-state index < -0.39 is 5.60 Å². The van der Waals surface area contributed by atoms with Gasteiger partial charge < -0.3 is 9.30 Å². The summed E-state index contributed by atoms with van der Waals surface area (Å²) >= 11 is 1.35. The van der Waals surface area contributed by atoms with Crippen molar-refractivity contribution in [3.63, 3.8) is 0 Å². The quantitative estimate of drug-likeness (QED) is 0.651. The number of hydrogen-bond acceptors (Lipinski definition) is 3. The van der Waals surface area contributed by atoms with E-state index in [1.54, 1.807) is 6.20 Å². The predicted molar refractivity (Wildman–Crippen MR) is 63.7 cm³/mol. The Bertz CT molecular complexity index is 431. The van der Waals surface area contributed by atoms with E-state index in [0.29, 0.717) is 0 Å². The molecular formula is C11H14N2O2S. The number of hydrogen-bond donors (Lipinski definition) is 0. The van der Waals surface area contributed by atoms with Crippen molar-refractivity contribution in [1.29, 1.82) is 0 Å². The Morgan fingerprint density at radius 3 is 2.81 bits per heavy atom. The SMILES string of the molecule is CC(C)(C)OC(=O)N1C=Cn2cccc2S1. The molecule has 0 bridgehead atoms.